The zero-order valence-corrected chi connectivity index (χ0v) is 10.1. The standard InChI is InChI=1S/C15H15NO/c1-16(2)15-9-4-3-8-14(15)13-7-5-6-12(10-13)11-17/h3-11H,1-2H3. The van der Waals surface area contributed by atoms with Gasteiger partial charge in [0.1, 0.15) is 6.29 Å². The van der Waals surface area contributed by atoms with E-state index in [2.05, 4.69) is 17.0 Å². The Morgan fingerprint density at radius 3 is 2.47 bits per heavy atom. The first-order valence-corrected chi connectivity index (χ1v) is 5.54. The maximum Gasteiger partial charge on any atom is 0.150 e. The van der Waals surface area contributed by atoms with E-state index in [1.165, 1.54) is 0 Å². The van der Waals surface area contributed by atoms with E-state index in [9.17, 15) is 4.79 Å². The summed E-state index contributed by atoms with van der Waals surface area (Å²) in [6, 6.07) is 15.8. The summed E-state index contributed by atoms with van der Waals surface area (Å²) in [7, 11) is 4.03. The predicted octanol–water partition coefficient (Wildman–Crippen LogP) is 3.23. The van der Waals surface area contributed by atoms with Gasteiger partial charge in [0.15, 0.2) is 0 Å². The van der Waals surface area contributed by atoms with Gasteiger partial charge in [-0.15, -0.1) is 0 Å². The van der Waals surface area contributed by atoms with Crippen molar-refractivity contribution in [2.45, 2.75) is 0 Å². The van der Waals surface area contributed by atoms with Gasteiger partial charge in [-0.3, -0.25) is 4.79 Å². The summed E-state index contributed by atoms with van der Waals surface area (Å²) in [6.45, 7) is 0. The highest BCUT2D eigenvalue weighted by molar-refractivity contribution is 5.83. The van der Waals surface area contributed by atoms with Crippen molar-refractivity contribution in [3.63, 3.8) is 0 Å². The van der Waals surface area contributed by atoms with Crippen LogP contribution in [0.3, 0.4) is 0 Å². The molecule has 0 atom stereocenters. The Hall–Kier alpha value is -2.09. The molecule has 0 aliphatic heterocycles. The number of carbonyl (C=O) groups is 1. The first-order valence-electron chi connectivity index (χ1n) is 5.54. The molecule has 0 saturated heterocycles. The Morgan fingerprint density at radius 1 is 1.00 bits per heavy atom. The van der Waals surface area contributed by atoms with Gasteiger partial charge in [0.2, 0.25) is 0 Å². The van der Waals surface area contributed by atoms with Gasteiger partial charge in [-0.05, 0) is 17.7 Å². The van der Waals surface area contributed by atoms with Crippen LogP contribution in [0, 0.1) is 0 Å². The predicted molar refractivity (Wildman–Crippen MR) is 71.6 cm³/mol. The zero-order valence-electron chi connectivity index (χ0n) is 10.1. The highest BCUT2D eigenvalue weighted by atomic mass is 16.1. The number of anilines is 1. The lowest BCUT2D eigenvalue weighted by Crippen LogP contribution is -2.09. The Labute approximate surface area is 102 Å². The van der Waals surface area contributed by atoms with Gasteiger partial charge in [0, 0.05) is 30.9 Å². The van der Waals surface area contributed by atoms with E-state index in [1.54, 1.807) is 0 Å². The van der Waals surface area contributed by atoms with Crippen LogP contribution in [0.25, 0.3) is 11.1 Å². The molecular formula is C15H15NO. The molecule has 0 fully saturated rings. The quantitative estimate of drug-likeness (QED) is 0.747. The van der Waals surface area contributed by atoms with Crippen LogP contribution < -0.4 is 4.90 Å². The second kappa shape index (κ2) is 4.83. The molecular weight excluding hydrogens is 210 g/mol. The molecule has 0 saturated carbocycles. The maximum absolute atomic E-state index is 10.8. The van der Waals surface area contributed by atoms with E-state index >= 15 is 0 Å². The van der Waals surface area contributed by atoms with E-state index < -0.39 is 0 Å². The van der Waals surface area contributed by atoms with Crippen LogP contribution >= 0.6 is 0 Å². The fourth-order valence-electron chi connectivity index (χ4n) is 1.89. The van der Waals surface area contributed by atoms with Gasteiger partial charge in [-0.25, -0.2) is 0 Å². The molecule has 17 heavy (non-hydrogen) atoms. The lowest BCUT2D eigenvalue weighted by atomic mass is 10.0. The second-order valence-corrected chi connectivity index (χ2v) is 4.15. The van der Waals surface area contributed by atoms with Gasteiger partial charge in [0.25, 0.3) is 0 Å². The lowest BCUT2D eigenvalue weighted by Gasteiger charge is -2.17. The normalized spacial score (nSPS) is 10.0. The highest BCUT2D eigenvalue weighted by Crippen LogP contribution is 2.29. The third kappa shape index (κ3) is 2.36. The van der Waals surface area contributed by atoms with E-state index in [0.717, 1.165) is 23.1 Å². The van der Waals surface area contributed by atoms with Crippen LogP contribution in [0.1, 0.15) is 10.4 Å². The molecule has 2 rings (SSSR count). The van der Waals surface area contributed by atoms with Crippen molar-refractivity contribution in [2.75, 3.05) is 19.0 Å². The number of hydrogen-bond acceptors (Lipinski definition) is 2. The van der Waals surface area contributed by atoms with Gasteiger partial charge in [0.05, 0.1) is 0 Å². The first-order chi connectivity index (χ1) is 8.22. The molecule has 0 aliphatic rings. The molecule has 0 spiro atoms. The van der Waals surface area contributed by atoms with E-state index in [4.69, 9.17) is 0 Å². The largest absolute Gasteiger partial charge is 0.377 e. The zero-order chi connectivity index (χ0) is 12.3. The summed E-state index contributed by atoms with van der Waals surface area (Å²) in [4.78, 5) is 12.9. The van der Waals surface area contributed by atoms with Crippen LogP contribution in [0.4, 0.5) is 5.69 Å². The van der Waals surface area contributed by atoms with Crippen LogP contribution in [0.2, 0.25) is 0 Å². The first kappa shape index (κ1) is 11.4. The molecule has 0 aromatic heterocycles. The summed E-state index contributed by atoms with van der Waals surface area (Å²) in [6.07, 6.45) is 0.877. The van der Waals surface area contributed by atoms with E-state index in [1.807, 2.05) is 50.5 Å². The molecule has 0 unspecified atom stereocenters. The number of hydrogen-bond donors (Lipinski definition) is 0. The monoisotopic (exact) mass is 225 g/mol. The summed E-state index contributed by atoms with van der Waals surface area (Å²) in [5, 5.41) is 0. The molecule has 2 aromatic carbocycles. The third-order valence-electron chi connectivity index (χ3n) is 2.72. The van der Waals surface area contributed by atoms with Crippen molar-refractivity contribution in [3.8, 4) is 11.1 Å². The third-order valence-corrected chi connectivity index (χ3v) is 2.72. The average Bonchev–Trinajstić information content (AvgIpc) is 2.39. The Kier molecular flexibility index (Phi) is 3.24. The average molecular weight is 225 g/mol. The fourth-order valence-corrected chi connectivity index (χ4v) is 1.89. The van der Waals surface area contributed by atoms with Crippen molar-refractivity contribution < 1.29 is 4.79 Å². The second-order valence-electron chi connectivity index (χ2n) is 4.15. The minimum Gasteiger partial charge on any atom is -0.377 e. The molecule has 2 nitrogen and oxygen atoms in total. The number of rotatable bonds is 3. The molecule has 0 heterocycles. The van der Waals surface area contributed by atoms with E-state index in [-0.39, 0.29) is 0 Å². The molecule has 86 valence electrons. The summed E-state index contributed by atoms with van der Waals surface area (Å²) in [5.74, 6) is 0. The van der Waals surface area contributed by atoms with Gasteiger partial charge < -0.3 is 4.90 Å². The Morgan fingerprint density at radius 2 is 1.76 bits per heavy atom. The molecule has 0 amide bonds. The van der Waals surface area contributed by atoms with Gasteiger partial charge in [-0.2, -0.15) is 0 Å². The van der Waals surface area contributed by atoms with Gasteiger partial charge in [-0.1, -0.05) is 36.4 Å². The van der Waals surface area contributed by atoms with E-state index in [0.29, 0.717) is 5.56 Å². The number of nitrogens with zero attached hydrogens (tertiary/aromatic N) is 1. The Balaban J connectivity index is 2.55. The number of benzene rings is 2. The maximum atomic E-state index is 10.8. The van der Waals surface area contributed by atoms with Crippen molar-refractivity contribution in [3.05, 3.63) is 54.1 Å². The van der Waals surface area contributed by atoms with Crippen molar-refractivity contribution in [1.82, 2.24) is 0 Å². The molecule has 0 N–H and O–H groups in total. The number of carbonyl (C=O) groups excluding carboxylic acids is 1. The number of aldehydes is 1. The topological polar surface area (TPSA) is 20.3 Å². The van der Waals surface area contributed by atoms with Crippen LogP contribution in [-0.2, 0) is 0 Å². The smallest absolute Gasteiger partial charge is 0.150 e. The molecule has 2 aromatic rings. The SMILES string of the molecule is CN(C)c1ccccc1-c1cccc(C=O)c1. The minimum absolute atomic E-state index is 0.705. The minimum atomic E-state index is 0.705. The Bertz CT molecular complexity index is 532. The lowest BCUT2D eigenvalue weighted by molar-refractivity contribution is 0.112. The van der Waals surface area contributed by atoms with Crippen molar-refractivity contribution in [1.29, 1.82) is 0 Å². The summed E-state index contributed by atoms with van der Waals surface area (Å²) in [5.41, 5.74) is 4.06. The van der Waals surface area contributed by atoms with Crippen molar-refractivity contribution in [2.24, 2.45) is 0 Å². The molecule has 0 bridgehead atoms. The molecule has 0 radical (unpaired) electrons. The summed E-state index contributed by atoms with van der Waals surface area (Å²) < 4.78 is 0. The fraction of sp³-hybridized carbons (Fsp3) is 0.133. The molecule has 0 aliphatic carbocycles. The van der Waals surface area contributed by atoms with Crippen molar-refractivity contribution >= 4 is 12.0 Å². The van der Waals surface area contributed by atoms with Gasteiger partial charge >= 0.3 is 0 Å². The highest BCUT2D eigenvalue weighted by Gasteiger charge is 2.06. The van der Waals surface area contributed by atoms with Crippen LogP contribution in [-0.4, -0.2) is 20.4 Å². The van der Waals surface area contributed by atoms with Crippen LogP contribution in [0.5, 0.6) is 0 Å². The molecule has 2 heteroatoms. The summed E-state index contributed by atoms with van der Waals surface area (Å²) >= 11 is 0. The number of para-hydroxylation sites is 1. The van der Waals surface area contributed by atoms with Crippen LogP contribution in [0.15, 0.2) is 48.5 Å².